The van der Waals surface area contributed by atoms with Gasteiger partial charge in [0.1, 0.15) is 0 Å². The number of nitrogens with two attached hydrogens (primary N) is 1. The number of hydrogen-bond acceptors (Lipinski definition) is 2. The topological polar surface area (TPSA) is 55.1 Å². The highest BCUT2D eigenvalue weighted by Crippen LogP contribution is 2.47. The SMILES string of the molecule is CC(CC(F)(F)F)NC(=O)C1C2CCC(C2)C1N. The van der Waals surface area contributed by atoms with E-state index in [9.17, 15) is 18.0 Å². The first-order valence-corrected chi connectivity index (χ1v) is 6.40. The predicted octanol–water partition coefficient (Wildman–Crippen LogP) is 1.82. The first-order valence-electron chi connectivity index (χ1n) is 6.40. The Kier molecular flexibility index (Phi) is 3.58. The fourth-order valence-corrected chi connectivity index (χ4v) is 3.46. The molecule has 2 bridgehead atoms. The van der Waals surface area contributed by atoms with Crippen molar-refractivity contribution in [1.29, 1.82) is 0 Å². The molecular formula is C12H19F3N2O. The Morgan fingerprint density at radius 1 is 1.39 bits per heavy atom. The van der Waals surface area contributed by atoms with Gasteiger partial charge in [0, 0.05) is 12.1 Å². The third kappa shape index (κ3) is 2.79. The molecule has 2 fully saturated rings. The Labute approximate surface area is 104 Å². The number of carbonyl (C=O) groups excluding carboxylic acids is 1. The first-order chi connectivity index (χ1) is 8.28. The number of fused-ring (bicyclic) bond motifs is 2. The molecule has 0 aromatic heterocycles. The second-order valence-electron chi connectivity index (χ2n) is 5.67. The fourth-order valence-electron chi connectivity index (χ4n) is 3.46. The lowest BCUT2D eigenvalue weighted by Crippen LogP contribution is -2.48. The molecular weight excluding hydrogens is 245 g/mol. The zero-order valence-corrected chi connectivity index (χ0v) is 10.3. The number of amides is 1. The summed E-state index contributed by atoms with van der Waals surface area (Å²) in [5.74, 6) is 0.0534. The van der Waals surface area contributed by atoms with Gasteiger partial charge in [-0.15, -0.1) is 0 Å². The van der Waals surface area contributed by atoms with Crippen molar-refractivity contribution in [3.8, 4) is 0 Å². The summed E-state index contributed by atoms with van der Waals surface area (Å²) in [7, 11) is 0. The molecule has 0 spiro atoms. The highest BCUT2D eigenvalue weighted by atomic mass is 19.4. The van der Waals surface area contributed by atoms with E-state index in [0.29, 0.717) is 5.92 Å². The van der Waals surface area contributed by atoms with Crippen molar-refractivity contribution in [2.45, 2.75) is 50.9 Å². The summed E-state index contributed by atoms with van der Waals surface area (Å²) in [4.78, 5) is 12.0. The summed E-state index contributed by atoms with van der Waals surface area (Å²) in [6, 6.07) is -1.06. The van der Waals surface area contributed by atoms with Crippen LogP contribution in [0.4, 0.5) is 13.2 Å². The van der Waals surface area contributed by atoms with E-state index in [1.54, 1.807) is 0 Å². The van der Waals surface area contributed by atoms with Gasteiger partial charge in [0.25, 0.3) is 0 Å². The number of rotatable bonds is 3. The maximum absolute atomic E-state index is 12.2. The molecule has 5 atom stereocenters. The lowest BCUT2D eigenvalue weighted by Gasteiger charge is -2.28. The Morgan fingerprint density at radius 2 is 2.00 bits per heavy atom. The van der Waals surface area contributed by atoms with Crippen LogP contribution in [0.1, 0.15) is 32.6 Å². The average molecular weight is 264 g/mol. The van der Waals surface area contributed by atoms with Crippen LogP contribution in [0.2, 0.25) is 0 Å². The standard InChI is InChI=1S/C12H19F3N2O/c1-6(5-12(13,14)15)17-11(18)9-7-2-3-8(4-7)10(9)16/h6-10H,2-5,16H2,1H3,(H,17,18). The minimum atomic E-state index is -4.25. The molecule has 3 N–H and O–H groups in total. The van der Waals surface area contributed by atoms with Gasteiger partial charge in [0.05, 0.1) is 12.3 Å². The highest BCUT2D eigenvalue weighted by Gasteiger charge is 2.49. The molecule has 104 valence electrons. The molecule has 2 saturated carbocycles. The van der Waals surface area contributed by atoms with E-state index in [1.807, 2.05) is 0 Å². The lowest BCUT2D eigenvalue weighted by molar-refractivity contribution is -0.142. The second kappa shape index (κ2) is 4.72. The van der Waals surface area contributed by atoms with Crippen molar-refractivity contribution in [3.05, 3.63) is 0 Å². The van der Waals surface area contributed by atoms with Gasteiger partial charge in [-0.25, -0.2) is 0 Å². The van der Waals surface area contributed by atoms with Gasteiger partial charge in [-0.2, -0.15) is 13.2 Å². The summed E-state index contributed by atoms with van der Waals surface area (Å²) < 4.78 is 36.6. The molecule has 1 amide bonds. The molecule has 3 nitrogen and oxygen atoms in total. The largest absolute Gasteiger partial charge is 0.391 e. The van der Waals surface area contributed by atoms with Crippen LogP contribution in [0.5, 0.6) is 0 Å². The van der Waals surface area contributed by atoms with Crippen molar-refractivity contribution in [3.63, 3.8) is 0 Å². The molecule has 6 heteroatoms. The van der Waals surface area contributed by atoms with Crippen LogP contribution in [-0.2, 0) is 4.79 Å². The number of halogens is 3. The third-order valence-electron chi connectivity index (χ3n) is 4.21. The Balaban J connectivity index is 1.89. The van der Waals surface area contributed by atoms with E-state index in [0.717, 1.165) is 19.3 Å². The number of carbonyl (C=O) groups is 1. The van der Waals surface area contributed by atoms with E-state index in [-0.39, 0.29) is 23.8 Å². The fraction of sp³-hybridized carbons (Fsp3) is 0.917. The molecule has 2 aliphatic rings. The normalized spacial score (nSPS) is 36.7. The molecule has 0 aromatic rings. The molecule has 5 unspecified atom stereocenters. The van der Waals surface area contributed by atoms with Crippen molar-refractivity contribution >= 4 is 5.91 Å². The van der Waals surface area contributed by atoms with Crippen molar-refractivity contribution in [2.75, 3.05) is 0 Å². The molecule has 0 heterocycles. The van der Waals surface area contributed by atoms with Crippen molar-refractivity contribution < 1.29 is 18.0 Å². The summed E-state index contributed by atoms with van der Waals surface area (Å²) in [6.07, 6.45) is -2.26. The quantitative estimate of drug-likeness (QED) is 0.817. The van der Waals surface area contributed by atoms with E-state index >= 15 is 0 Å². The van der Waals surface area contributed by atoms with Crippen molar-refractivity contribution in [2.24, 2.45) is 23.5 Å². The summed E-state index contributed by atoms with van der Waals surface area (Å²) in [5, 5.41) is 2.45. The van der Waals surface area contributed by atoms with Gasteiger partial charge in [0.2, 0.25) is 5.91 Å². The van der Waals surface area contributed by atoms with Crippen LogP contribution >= 0.6 is 0 Å². The maximum Gasteiger partial charge on any atom is 0.391 e. The first kappa shape index (κ1) is 13.6. The molecule has 0 aromatic carbocycles. The van der Waals surface area contributed by atoms with Crippen LogP contribution in [0.3, 0.4) is 0 Å². The van der Waals surface area contributed by atoms with Crippen molar-refractivity contribution in [1.82, 2.24) is 5.32 Å². The third-order valence-corrected chi connectivity index (χ3v) is 4.21. The lowest BCUT2D eigenvalue weighted by atomic mass is 9.84. The van der Waals surface area contributed by atoms with Crippen LogP contribution in [-0.4, -0.2) is 24.2 Å². The van der Waals surface area contributed by atoms with E-state index < -0.39 is 18.6 Å². The smallest absolute Gasteiger partial charge is 0.353 e. The number of alkyl halides is 3. The van der Waals surface area contributed by atoms with Gasteiger partial charge >= 0.3 is 6.18 Å². The zero-order valence-electron chi connectivity index (χ0n) is 10.3. The molecule has 0 radical (unpaired) electrons. The van der Waals surface area contributed by atoms with Gasteiger partial charge in [-0.3, -0.25) is 4.79 Å². The van der Waals surface area contributed by atoms with Gasteiger partial charge in [0.15, 0.2) is 0 Å². The molecule has 2 rings (SSSR count). The molecule has 0 saturated heterocycles. The Hall–Kier alpha value is -0.780. The minimum Gasteiger partial charge on any atom is -0.353 e. The second-order valence-corrected chi connectivity index (χ2v) is 5.67. The Bertz CT molecular complexity index is 330. The van der Waals surface area contributed by atoms with Crippen LogP contribution in [0, 0.1) is 17.8 Å². The predicted molar refractivity (Wildman–Crippen MR) is 60.6 cm³/mol. The summed E-state index contributed by atoms with van der Waals surface area (Å²) in [5.41, 5.74) is 5.98. The highest BCUT2D eigenvalue weighted by molar-refractivity contribution is 5.80. The summed E-state index contributed by atoms with van der Waals surface area (Å²) in [6.45, 7) is 1.38. The monoisotopic (exact) mass is 264 g/mol. The van der Waals surface area contributed by atoms with E-state index in [4.69, 9.17) is 5.73 Å². The van der Waals surface area contributed by atoms with Crippen LogP contribution in [0.25, 0.3) is 0 Å². The molecule has 18 heavy (non-hydrogen) atoms. The zero-order chi connectivity index (χ0) is 13.5. The van der Waals surface area contributed by atoms with Crippen LogP contribution in [0.15, 0.2) is 0 Å². The molecule has 2 aliphatic carbocycles. The average Bonchev–Trinajstić information content (AvgIpc) is 2.73. The van der Waals surface area contributed by atoms with Crippen LogP contribution < -0.4 is 11.1 Å². The number of nitrogens with one attached hydrogen (secondary N) is 1. The maximum atomic E-state index is 12.2. The molecule has 0 aliphatic heterocycles. The number of hydrogen-bond donors (Lipinski definition) is 2. The Morgan fingerprint density at radius 3 is 2.50 bits per heavy atom. The van der Waals surface area contributed by atoms with Gasteiger partial charge in [-0.1, -0.05) is 0 Å². The van der Waals surface area contributed by atoms with E-state index in [2.05, 4.69) is 5.32 Å². The van der Waals surface area contributed by atoms with Gasteiger partial charge < -0.3 is 11.1 Å². The summed E-state index contributed by atoms with van der Waals surface area (Å²) >= 11 is 0. The van der Waals surface area contributed by atoms with Gasteiger partial charge in [-0.05, 0) is 38.0 Å². The minimum absolute atomic E-state index is 0.179. The van der Waals surface area contributed by atoms with E-state index in [1.165, 1.54) is 6.92 Å².